The van der Waals surface area contributed by atoms with E-state index >= 15 is 0 Å². The van der Waals surface area contributed by atoms with Gasteiger partial charge in [0.2, 0.25) is 5.91 Å². The lowest BCUT2D eigenvalue weighted by Gasteiger charge is -2.16. The highest BCUT2D eigenvalue weighted by molar-refractivity contribution is 7.83. The van der Waals surface area contributed by atoms with E-state index < -0.39 is 17.0 Å². The van der Waals surface area contributed by atoms with Crippen molar-refractivity contribution < 1.29 is 13.8 Å². The average Bonchev–Trinajstić information content (AvgIpc) is 3.67. The fourth-order valence-electron chi connectivity index (χ4n) is 5.22. The third kappa shape index (κ3) is 6.11. The van der Waals surface area contributed by atoms with Crippen LogP contribution in [0.3, 0.4) is 0 Å². The van der Waals surface area contributed by atoms with E-state index in [9.17, 15) is 13.8 Å². The third-order valence-corrected chi connectivity index (χ3v) is 8.07. The molecule has 2 aromatic carbocycles. The van der Waals surface area contributed by atoms with Crippen molar-refractivity contribution in [1.29, 1.82) is 0 Å². The van der Waals surface area contributed by atoms with Crippen LogP contribution in [-0.2, 0) is 54.4 Å². The van der Waals surface area contributed by atoms with E-state index in [-0.39, 0.29) is 12.3 Å². The molecule has 0 aliphatic heterocycles. The van der Waals surface area contributed by atoms with E-state index in [1.165, 1.54) is 22.3 Å². The van der Waals surface area contributed by atoms with Crippen LogP contribution >= 0.6 is 0 Å². The Morgan fingerprint density at radius 1 is 1.03 bits per heavy atom. The second-order valence-corrected chi connectivity index (χ2v) is 11.0. The predicted molar refractivity (Wildman–Crippen MR) is 146 cm³/mol. The smallest absolute Gasteiger partial charge is 0.330 e. The number of aromatic nitrogens is 3. The molecule has 1 heterocycles. The molecule has 0 spiro atoms. The van der Waals surface area contributed by atoms with Crippen LogP contribution in [0.2, 0.25) is 0 Å². The second kappa shape index (κ2) is 11.9. The number of nitrogens with one attached hydrogen (secondary N) is 3. The number of hydrogen-bond acceptors (Lipinski definition) is 6. The lowest BCUT2D eigenvalue weighted by atomic mass is 9.99. The number of benzene rings is 2. The third-order valence-electron chi connectivity index (χ3n) is 7.01. The molecular formula is C27H33N7O3S. The molecule has 200 valence electrons. The highest BCUT2D eigenvalue weighted by atomic mass is 32.2. The monoisotopic (exact) mass is 535 g/mol. The number of aryl methyl sites for hydroxylation is 4. The minimum Gasteiger partial charge on any atom is -0.330 e. The summed E-state index contributed by atoms with van der Waals surface area (Å²) < 4.78 is 17.2. The van der Waals surface area contributed by atoms with Crippen LogP contribution in [0, 0.1) is 0 Å². The molecule has 38 heavy (non-hydrogen) atoms. The van der Waals surface area contributed by atoms with E-state index in [2.05, 4.69) is 31.7 Å². The quantitative estimate of drug-likeness (QED) is 0.314. The fourth-order valence-corrected chi connectivity index (χ4v) is 5.99. The fraction of sp³-hybridized carbons (Fsp3) is 0.407. The van der Waals surface area contributed by atoms with E-state index in [0.29, 0.717) is 30.1 Å². The molecule has 10 nitrogen and oxygen atoms in total. The highest BCUT2D eigenvalue weighted by Gasteiger charge is 2.25. The van der Waals surface area contributed by atoms with Crippen LogP contribution in [-0.4, -0.2) is 37.7 Å². The molecule has 3 aromatic rings. The molecule has 2 aliphatic carbocycles. The molecule has 11 heteroatoms. The summed E-state index contributed by atoms with van der Waals surface area (Å²) in [5.41, 5.74) is 12.7. The number of carbonyl (C=O) groups excluding carboxylic acids is 2. The van der Waals surface area contributed by atoms with Crippen LogP contribution in [0.5, 0.6) is 0 Å². The van der Waals surface area contributed by atoms with Gasteiger partial charge in [-0.2, -0.15) is 0 Å². The minimum absolute atomic E-state index is 0.193. The highest BCUT2D eigenvalue weighted by Crippen LogP contribution is 2.38. The van der Waals surface area contributed by atoms with Crippen LogP contribution in [0.15, 0.2) is 41.4 Å². The van der Waals surface area contributed by atoms with Crippen LogP contribution in [0.25, 0.3) is 0 Å². The van der Waals surface area contributed by atoms with E-state index in [4.69, 9.17) is 5.73 Å². The van der Waals surface area contributed by atoms with Gasteiger partial charge in [-0.3, -0.25) is 14.2 Å². The number of urea groups is 1. The van der Waals surface area contributed by atoms with Gasteiger partial charge in [0.05, 0.1) is 10.6 Å². The molecule has 0 fully saturated rings. The standard InChI is InChI=1S/C27H33N7O3S/c28-13-4-14-34-17-21(31-33-34)11-12-25(35)29-20-7-3-8-22(16-20)38(37)32-27(36)30-26-23-9-1-5-18(23)15-19-6-2-10-24(19)26/h3,7-8,15-17H,1-2,4-6,9-14,28H2,(H,29,35)(H2,30,32,36). The largest absolute Gasteiger partial charge is 0.331 e. The van der Waals surface area contributed by atoms with Gasteiger partial charge < -0.3 is 16.4 Å². The zero-order valence-electron chi connectivity index (χ0n) is 21.3. The van der Waals surface area contributed by atoms with Crippen molar-refractivity contribution in [2.75, 3.05) is 17.2 Å². The minimum atomic E-state index is -1.79. The first-order valence-electron chi connectivity index (χ1n) is 13.1. The molecule has 0 radical (unpaired) electrons. The van der Waals surface area contributed by atoms with Gasteiger partial charge in [-0.15, -0.1) is 5.10 Å². The second-order valence-electron chi connectivity index (χ2n) is 9.75. The molecule has 5 rings (SSSR count). The Morgan fingerprint density at radius 3 is 2.53 bits per heavy atom. The molecule has 1 aromatic heterocycles. The summed E-state index contributed by atoms with van der Waals surface area (Å²) in [5.74, 6) is -0.193. The zero-order chi connectivity index (χ0) is 26.5. The van der Waals surface area contributed by atoms with E-state index in [0.717, 1.165) is 56.3 Å². The van der Waals surface area contributed by atoms with Crippen molar-refractivity contribution in [3.63, 3.8) is 0 Å². The van der Waals surface area contributed by atoms with Gasteiger partial charge in [-0.1, -0.05) is 17.3 Å². The van der Waals surface area contributed by atoms with Gasteiger partial charge in [0.1, 0.15) is 0 Å². The number of nitrogens with zero attached hydrogens (tertiary/aromatic N) is 3. The number of amides is 3. The van der Waals surface area contributed by atoms with Gasteiger partial charge in [-0.25, -0.2) is 9.00 Å². The van der Waals surface area contributed by atoms with Crippen molar-refractivity contribution in [3.05, 3.63) is 64.5 Å². The van der Waals surface area contributed by atoms with Gasteiger partial charge in [0.15, 0.2) is 11.0 Å². The summed E-state index contributed by atoms with van der Waals surface area (Å²) >= 11 is 0. The first kappa shape index (κ1) is 26.1. The molecule has 3 amide bonds. The maximum atomic E-state index is 12.9. The molecule has 1 atom stereocenters. The van der Waals surface area contributed by atoms with Crippen LogP contribution < -0.4 is 21.1 Å². The van der Waals surface area contributed by atoms with Gasteiger partial charge >= 0.3 is 6.03 Å². The van der Waals surface area contributed by atoms with Crippen LogP contribution in [0.1, 0.15) is 53.6 Å². The van der Waals surface area contributed by atoms with Gasteiger partial charge in [0, 0.05) is 37.0 Å². The Bertz CT molecular complexity index is 1340. The molecule has 2 aliphatic rings. The summed E-state index contributed by atoms with van der Waals surface area (Å²) in [6, 6.07) is 8.49. The first-order chi connectivity index (χ1) is 18.5. The molecule has 0 saturated heterocycles. The van der Waals surface area contributed by atoms with Gasteiger partial charge in [-0.05, 0) is 91.9 Å². The molecule has 5 N–H and O–H groups in total. The lowest BCUT2D eigenvalue weighted by Crippen LogP contribution is -2.31. The average molecular weight is 536 g/mol. The SMILES string of the molecule is NCCCn1cc(CCC(=O)Nc2cccc(S(=O)NC(=O)Nc3c4c(cc5c3CCC5)CCC4)c2)nn1. The predicted octanol–water partition coefficient (Wildman–Crippen LogP) is 3.02. The summed E-state index contributed by atoms with van der Waals surface area (Å²) in [6.07, 6.45) is 9.49. The van der Waals surface area contributed by atoms with E-state index in [1.807, 2.05) is 6.20 Å². The summed E-state index contributed by atoms with van der Waals surface area (Å²) in [5, 5.41) is 14.0. The Labute approximate surface area is 224 Å². The summed E-state index contributed by atoms with van der Waals surface area (Å²) in [6.45, 7) is 1.28. The Morgan fingerprint density at radius 2 is 1.79 bits per heavy atom. The number of carbonyl (C=O) groups is 2. The number of rotatable bonds is 10. The van der Waals surface area contributed by atoms with Crippen molar-refractivity contribution in [2.45, 2.75) is 69.2 Å². The van der Waals surface area contributed by atoms with Crippen LogP contribution in [0.4, 0.5) is 16.2 Å². The molecule has 0 bridgehead atoms. The molecule has 1 unspecified atom stereocenters. The summed E-state index contributed by atoms with van der Waals surface area (Å²) in [4.78, 5) is 25.7. The van der Waals surface area contributed by atoms with E-state index in [1.54, 1.807) is 28.9 Å². The maximum absolute atomic E-state index is 12.9. The van der Waals surface area contributed by atoms with Crippen molar-refractivity contribution in [3.8, 4) is 0 Å². The topological polar surface area (TPSA) is 144 Å². The molecule has 0 saturated carbocycles. The number of fused-ring (bicyclic) bond motifs is 2. The normalized spacial score (nSPS) is 14.6. The van der Waals surface area contributed by atoms with Crippen molar-refractivity contribution in [1.82, 2.24) is 19.7 Å². The van der Waals surface area contributed by atoms with Crippen molar-refractivity contribution >= 4 is 34.3 Å². The zero-order valence-corrected chi connectivity index (χ0v) is 22.1. The number of nitrogens with two attached hydrogens (primary N) is 1. The Balaban J connectivity index is 1.16. The Kier molecular flexibility index (Phi) is 8.14. The summed E-state index contributed by atoms with van der Waals surface area (Å²) in [7, 11) is -1.79. The first-order valence-corrected chi connectivity index (χ1v) is 14.3. The maximum Gasteiger partial charge on any atom is 0.331 e. The molecular weight excluding hydrogens is 502 g/mol. The number of anilines is 2. The lowest BCUT2D eigenvalue weighted by molar-refractivity contribution is -0.116. The van der Waals surface area contributed by atoms with Crippen molar-refractivity contribution in [2.24, 2.45) is 5.73 Å². The Hall–Kier alpha value is -3.57. The van der Waals surface area contributed by atoms with Gasteiger partial charge in [0.25, 0.3) is 0 Å². The number of hydrogen-bond donors (Lipinski definition) is 4.